The maximum absolute atomic E-state index is 12.1. The van der Waals surface area contributed by atoms with Crippen molar-refractivity contribution in [1.82, 2.24) is 0 Å². The molecule has 1 heterocycles. The Morgan fingerprint density at radius 1 is 1.05 bits per heavy atom. The topological polar surface area (TPSA) is 29.6 Å². The fourth-order valence-electron chi connectivity index (χ4n) is 7.42. The van der Waals surface area contributed by atoms with Crippen LogP contribution in [0.2, 0.25) is 0 Å². The van der Waals surface area contributed by atoms with Gasteiger partial charge in [-0.1, -0.05) is 20.3 Å². The van der Waals surface area contributed by atoms with E-state index < -0.39 is 0 Å². The van der Waals surface area contributed by atoms with Gasteiger partial charge in [0.15, 0.2) is 5.78 Å². The molecule has 0 aromatic carbocycles. The van der Waals surface area contributed by atoms with E-state index in [4.69, 9.17) is 4.74 Å². The summed E-state index contributed by atoms with van der Waals surface area (Å²) in [5, 5.41) is 0. The first kappa shape index (κ1) is 13.1. The zero-order valence-corrected chi connectivity index (χ0v) is 13.4. The number of rotatable bonds is 0. The summed E-state index contributed by atoms with van der Waals surface area (Å²) in [7, 11) is 0. The minimum absolute atomic E-state index is 0.0121. The van der Waals surface area contributed by atoms with Gasteiger partial charge in [0.2, 0.25) is 0 Å². The van der Waals surface area contributed by atoms with Crippen molar-refractivity contribution in [1.29, 1.82) is 0 Å². The molecule has 0 bridgehead atoms. The molecule has 5 unspecified atom stereocenters. The lowest BCUT2D eigenvalue weighted by atomic mass is 9.45. The van der Waals surface area contributed by atoms with Crippen molar-refractivity contribution < 1.29 is 9.53 Å². The van der Waals surface area contributed by atoms with Crippen LogP contribution in [0.1, 0.15) is 65.2 Å². The standard InChI is InChI=1S/C19H28O2/c1-18-8-3-4-13(18)12-6-5-11-10-15(20)16-17(21-16)19(11,2)14(12)7-9-18/h11-14,16-17H,3-10H2,1-2H3/t11-,12?,13?,14?,16-,17-,18?,19?/m0/s1. The van der Waals surface area contributed by atoms with E-state index in [9.17, 15) is 4.79 Å². The van der Waals surface area contributed by atoms with Gasteiger partial charge in [0.25, 0.3) is 0 Å². The highest BCUT2D eigenvalue weighted by molar-refractivity contribution is 5.87. The normalized spacial score (nSPS) is 61.5. The lowest BCUT2D eigenvalue weighted by Gasteiger charge is -2.58. The van der Waals surface area contributed by atoms with Crippen LogP contribution in [0.4, 0.5) is 0 Å². The lowest BCUT2D eigenvalue weighted by Crippen LogP contribution is -2.55. The van der Waals surface area contributed by atoms with Crippen LogP contribution in [-0.4, -0.2) is 18.0 Å². The lowest BCUT2D eigenvalue weighted by molar-refractivity contribution is -0.132. The molecule has 0 aromatic rings. The molecule has 1 aliphatic heterocycles. The van der Waals surface area contributed by atoms with E-state index in [0.29, 0.717) is 22.5 Å². The van der Waals surface area contributed by atoms with Crippen LogP contribution in [0.15, 0.2) is 0 Å². The Bertz CT molecular complexity index is 500. The first-order valence-corrected chi connectivity index (χ1v) is 9.22. The van der Waals surface area contributed by atoms with Crippen molar-refractivity contribution in [2.24, 2.45) is 34.5 Å². The number of carbonyl (C=O) groups excluding carboxylic acids is 1. The Kier molecular flexibility index (Phi) is 2.45. The molecule has 116 valence electrons. The molecule has 8 atom stereocenters. The Hall–Kier alpha value is -0.370. The fourth-order valence-corrected chi connectivity index (χ4v) is 7.42. The second kappa shape index (κ2) is 3.93. The number of epoxide rings is 1. The van der Waals surface area contributed by atoms with Crippen molar-refractivity contribution in [2.75, 3.05) is 0 Å². The Labute approximate surface area is 128 Å². The van der Waals surface area contributed by atoms with Gasteiger partial charge in [-0.05, 0) is 67.6 Å². The van der Waals surface area contributed by atoms with Gasteiger partial charge in [0.05, 0.1) is 6.10 Å². The van der Waals surface area contributed by atoms with Gasteiger partial charge in [0, 0.05) is 11.8 Å². The number of hydrogen-bond acceptors (Lipinski definition) is 2. The van der Waals surface area contributed by atoms with Crippen molar-refractivity contribution >= 4 is 5.78 Å². The molecule has 21 heavy (non-hydrogen) atoms. The number of Topliss-reactive ketones (excluding diaryl/α,β-unsaturated/α-hetero) is 1. The molecule has 0 N–H and O–H groups in total. The van der Waals surface area contributed by atoms with Crippen LogP contribution >= 0.6 is 0 Å². The average Bonchev–Trinajstić information content (AvgIpc) is 3.17. The van der Waals surface area contributed by atoms with Crippen LogP contribution in [0.5, 0.6) is 0 Å². The largest absolute Gasteiger partial charge is 0.361 e. The molecule has 1 saturated heterocycles. The SMILES string of the molecule is CC12CCCC1C1CC[C@H]3CC(=O)[C@@H]4O[C@@H]4C3(C)C1CC2. The van der Waals surface area contributed by atoms with Gasteiger partial charge in [0.1, 0.15) is 6.10 Å². The van der Waals surface area contributed by atoms with Gasteiger partial charge >= 0.3 is 0 Å². The van der Waals surface area contributed by atoms with Crippen molar-refractivity contribution in [3.8, 4) is 0 Å². The summed E-state index contributed by atoms with van der Waals surface area (Å²) >= 11 is 0. The van der Waals surface area contributed by atoms with Crippen LogP contribution in [-0.2, 0) is 9.53 Å². The molecule has 4 aliphatic carbocycles. The van der Waals surface area contributed by atoms with Gasteiger partial charge in [-0.2, -0.15) is 0 Å². The van der Waals surface area contributed by atoms with E-state index in [1.165, 1.54) is 44.9 Å². The molecule has 2 nitrogen and oxygen atoms in total. The summed E-state index contributed by atoms with van der Waals surface area (Å²) in [5.41, 5.74) is 0.948. The van der Waals surface area contributed by atoms with E-state index in [0.717, 1.165) is 24.2 Å². The summed E-state index contributed by atoms with van der Waals surface area (Å²) in [5.74, 6) is 3.73. The summed E-state index contributed by atoms with van der Waals surface area (Å²) in [6.07, 6.45) is 10.9. The van der Waals surface area contributed by atoms with E-state index in [2.05, 4.69) is 13.8 Å². The summed E-state index contributed by atoms with van der Waals surface area (Å²) in [4.78, 5) is 12.1. The summed E-state index contributed by atoms with van der Waals surface area (Å²) in [6.45, 7) is 5.05. The number of carbonyl (C=O) groups is 1. The molecule has 0 amide bonds. The van der Waals surface area contributed by atoms with Crippen LogP contribution < -0.4 is 0 Å². The predicted molar refractivity (Wildman–Crippen MR) is 80.8 cm³/mol. The van der Waals surface area contributed by atoms with Gasteiger partial charge in [-0.25, -0.2) is 0 Å². The van der Waals surface area contributed by atoms with Crippen molar-refractivity contribution in [3.63, 3.8) is 0 Å². The van der Waals surface area contributed by atoms with Crippen molar-refractivity contribution in [2.45, 2.75) is 77.4 Å². The fraction of sp³-hybridized carbons (Fsp3) is 0.947. The molecular formula is C19H28O2. The third-order valence-corrected chi connectivity index (χ3v) is 8.61. The van der Waals surface area contributed by atoms with Crippen LogP contribution in [0, 0.1) is 34.5 Å². The molecule has 5 fully saturated rings. The molecule has 0 radical (unpaired) electrons. The Morgan fingerprint density at radius 3 is 2.76 bits per heavy atom. The zero-order chi connectivity index (χ0) is 14.4. The van der Waals surface area contributed by atoms with Gasteiger partial charge < -0.3 is 4.74 Å². The Morgan fingerprint density at radius 2 is 1.90 bits per heavy atom. The highest BCUT2D eigenvalue weighted by Crippen LogP contribution is 2.68. The first-order valence-electron chi connectivity index (χ1n) is 9.22. The number of ketones is 1. The number of fused-ring (bicyclic) bond motifs is 7. The molecule has 5 aliphatic rings. The molecule has 5 rings (SSSR count). The molecular weight excluding hydrogens is 260 g/mol. The molecule has 2 heteroatoms. The van der Waals surface area contributed by atoms with Gasteiger partial charge in [-0.3, -0.25) is 4.79 Å². The third-order valence-electron chi connectivity index (χ3n) is 8.61. The zero-order valence-electron chi connectivity index (χ0n) is 13.4. The molecule has 4 saturated carbocycles. The summed E-state index contributed by atoms with van der Waals surface area (Å²) in [6, 6.07) is 0. The maximum Gasteiger partial charge on any atom is 0.164 e. The van der Waals surface area contributed by atoms with Crippen LogP contribution in [0.3, 0.4) is 0 Å². The van der Waals surface area contributed by atoms with Crippen LogP contribution in [0.25, 0.3) is 0 Å². The van der Waals surface area contributed by atoms with E-state index in [1.54, 1.807) is 0 Å². The average molecular weight is 288 g/mol. The van der Waals surface area contributed by atoms with Crippen molar-refractivity contribution in [3.05, 3.63) is 0 Å². The highest BCUT2D eigenvalue weighted by atomic mass is 16.6. The predicted octanol–water partition coefficient (Wildman–Crippen LogP) is 3.98. The first-order chi connectivity index (χ1) is 10.0. The minimum Gasteiger partial charge on any atom is -0.361 e. The molecule has 0 aromatic heterocycles. The number of hydrogen-bond donors (Lipinski definition) is 0. The second-order valence-corrected chi connectivity index (χ2v) is 9.25. The minimum atomic E-state index is -0.0121. The van der Waals surface area contributed by atoms with E-state index >= 15 is 0 Å². The monoisotopic (exact) mass is 288 g/mol. The molecule has 0 spiro atoms. The second-order valence-electron chi connectivity index (χ2n) is 9.25. The highest BCUT2D eigenvalue weighted by Gasteiger charge is 2.68. The number of ether oxygens (including phenoxy) is 1. The van der Waals surface area contributed by atoms with Gasteiger partial charge in [-0.15, -0.1) is 0 Å². The van der Waals surface area contributed by atoms with E-state index in [1.807, 2.05) is 0 Å². The summed E-state index contributed by atoms with van der Waals surface area (Å²) < 4.78 is 5.90. The quantitative estimate of drug-likeness (QED) is 0.631. The Balaban J connectivity index is 1.51. The maximum atomic E-state index is 12.1. The van der Waals surface area contributed by atoms with E-state index in [-0.39, 0.29) is 12.2 Å². The third kappa shape index (κ3) is 1.51. The smallest absolute Gasteiger partial charge is 0.164 e.